The Morgan fingerprint density at radius 2 is 0.921 bits per heavy atom. The van der Waals surface area contributed by atoms with Crippen LogP contribution in [0.1, 0.15) is 11.1 Å². The normalized spacial score (nSPS) is 11.8. The van der Waals surface area contributed by atoms with Crippen molar-refractivity contribution in [1.82, 2.24) is 0 Å². The van der Waals surface area contributed by atoms with Crippen LogP contribution in [-0.2, 0) is 12.4 Å². The minimum atomic E-state index is -4.74. The van der Waals surface area contributed by atoms with Crippen molar-refractivity contribution in [3.63, 3.8) is 0 Å². The third kappa shape index (κ3) is 3.40. The van der Waals surface area contributed by atoms with Crippen molar-refractivity contribution in [3.05, 3.63) is 58.0 Å². The van der Waals surface area contributed by atoms with E-state index in [0.29, 0.717) is 12.1 Å². The third-order valence-electron chi connectivity index (χ3n) is 5.94. The molecule has 2 heterocycles. The summed E-state index contributed by atoms with van der Waals surface area (Å²) in [5.41, 5.74) is -4.61. The number of nitrogens with zero attached hydrogens (tertiary/aromatic N) is 4. The number of hydrogen-bond acceptors (Lipinski definition) is 6. The Labute approximate surface area is 206 Å². The number of alkyl halides is 6. The van der Waals surface area contributed by atoms with Crippen LogP contribution < -0.4 is 10.4 Å². The zero-order chi connectivity index (χ0) is 27.6. The first-order chi connectivity index (χ1) is 17.9. The van der Waals surface area contributed by atoms with Gasteiger partial charge in [0.05, 0.1) is 21.6 Å². The molecule has 0 bridgehead atoms. The van der Waals surface area contributed by atoms with Gasteiger partial charge in [-0.25, -0.2) is 0 Å². The van der Waals surface area contributed by atoms with Crippen LogP contribution in [0.15, 0.2) is 45.2 Å². The predicted octanol–water partition coefficient (Wildman–Crippen LogP) is 5.92. The minimum absolute atomic E-state index is 0.0131. The first kappa shape index (κ1) is 24.2. The summed E-state index contributed by atoms with van der Waals surface area (Å²) < 4.78 is 91.6. The molecule has 0 atom stereocenters. The summed E-state index contributed by atoms with van der Waals surface area (Å²) in [6.45, 7) is 0. The molecule has 0 saturated carbocycles. The smallest absolute Gasteiger partial charge is 0.416 e. The van der Waals surface area contributed by atoms with E-state index in [1.165, 1.54) is 0 Å². The molecule has 0 unspecified atom stereocenters. The topological polar surface area (TPSA) is 121 Å². The van der Waals surface area contributed by atoms with Gasteiger partial charge in [-0.1, -0.05) is 0 Å². The van der Waals surface area contributed by atoms with Gasteiger partial charge in [0.2, 0.25) is 0 Å². The second kappa shape index (κ2) is 8.03. The van der Waals surface area contributed by atoms with Crippen LogP contribution in [0.5, 0.6) is 0 Å². The van der Waals surface area contributed by atoms with E-state index < -0.39 is 34.6 Å². The zero-order valence-electron chi connectivity index (χ0n) is 18.3. The Hall–Kier alpha value is -5.46. The van der Waals surface area contributed by atoms with Crippen molar-refractivity contribution in [1.29, 1.82) is 21.0 Å². The number of nitriles is 4. The Kier molecular flexibility index (Phi) is 5.12. The van der Waals surface area contributed by atoms with Gasteiger partial charge in [-0.2, -0.15) is 47.4 Å². The van der Waals surface area contributed by atoms with Crippen molar-refractivity contribution >= 4 is 55.0 Å². The first-order valence-corrected chi connectivity index (χ1v) is 10.3. The Morgan fingerprint density at radius 3 is 1.21 bits per heavy atom. The van der Waals surface area contributed by atoms with E-state index in [2.05, 4.69) is 0 Å². The molecule has 0 amide bonds. The van der Waals surface area contributed by atoms with E-state index in [9.17, 15) is 47.4 Å². The fourth-order valence-corrected chi connectivity index (χ4v) is 4.37. The fraction of sp³-hybridized carbons (Fsp3) is 0.0769. The van der Waals surface area contributed by atoms with E-state index in [-0.39, 0.29) is 54.3 Å². The molecule has 0 aliphatic carbocycles. The van der Waals surface area contributed by atoms with Gasteiger partial charge >= 0.3 is 12.4 Å². The molecule has 0 saturated heterocycles. The fourth-order valence-electron chi connectivity index (χ4n) is 4.37. The number of hydrogen-bond donors (Lipinski definition) is 0. The monoisotopic (exact) mass is 520 g/mol. The highest BCUT2D eigenvalue weighted by molar-refractivity contribution is 6.18. The van der Waals surface area contributed by atoms with Gasteiger partial charge in [0.15, 0.2) is 0 Å². The number of furan rings is 2. The Morgan fingerprint density at radius 1 is 0.579 bits per heavy atom. The van der Waals surface area contributed by atoms with Gasteiger partial charge in [0.1, 0.15) is 57.8 Å². The lowest BCUT2D eigenvalue weighted by molar-refractivity contribution is -0.138. The van der Waals surface area contributed by atoms with Crippen molar-refractivity contribution in [2.45, 2.75) is 12.4 Å². The summed E-state index contributed by atoms with van der Waals surface area (Å²) in [6, 6.07) is 11.5. The molecule has 0 N–H and O–H groups in total. The molecule has 6 nitrogen and oxygen atoms in total. The quantitative estimate of drug-likeness (QED) is 0.234. The second-order valence-corrected chi connectivity index (χ2v) is 7.98. The molecular formula is C26H6F6N4O2. The van der Waals surface area contributed by atoms with Crippen molar-refractivity contribution in [3.8, 4) is 24.3 Å². The average molecular weight is 520 g/mol. The number of fused-ring (bicyclic) bond motifs is 6. The highest BCUT2D eigenvalue weighted by Crippen LogP contribution is 2.37. The molecule has 12 heteroatoms. The van der Waals surface area contributed by atoms with Gasteiger partial charge < -0.3 is 8.83 Å². The summed E-state index contributed by atoms with van der Waals surface area (Å²) in [5.74, 6) is 0. The van der Waals surface area contributed by atoms with Gasteiger partial charge in [-0.15, -0.1) is 0 Å². The van der Waals surface area contributed by atoms with E-state index in [4.69, 9.17) is 8.83 Å². The molecule has 0 fully saturated rings. The van der Waals surface area contributed by atoms with Crippen molar-refractivity contribution in [2.24, 2.45) is 0 Å². The molecular weight excluding hydrogens is 514 g/mol. The molecule has 2 aromatic heterocycles. The molecule has 0 spiro atoms. The van der Waals surface area contributed by atoms with Crippen LogP contribution in [0.2, 0.25) is 0 Å². The van der Waals surface area contributed by atoms with Crippen LogP contribution in [0.25, 0.3) is 55.0 Å². The van der Waals surface area contributed by atoms with E-state index >= 15 is 0 Å². The molecule has 0 aliphatic rings. The molecule has 184 valence electrons. The summed E-state index contributed by atoms with van der Waals surface area (Å²) in [5, 5.41) is 37.9. The molecule has 0 radical (unpaired) electrons. The van der Waals surface area contributed by atoms with Crippen LogP contribution in [-0.4, -0.2) is 0 Å². The van der Waals surface area contributed by atoms with Gasteiger partial charge in [0, 0.05) is 21.5 Å². The molecule has 3 aromatic carbocycles. The van der Waals surface area contributed by atoms with Crippen molar-refractivity contribution < 1.29 is 35.2 Å². The van der Waals surface area contributed by atoms with Crippen LogP contribution in [0.4, 0.5) is 26.3 Å². The summed E-state index contributed by atoms with van der Waals surface area (Å²) in [6.07, 6.45) is -9.49. The number of benzene rings is 3. The number of halogens is 6. The minimum Gasteiger partial charge on any atom is -0.455 e. The number of rotatable bonds is 0. The van der Waals surface area contributed by atoms with Gasteiger partial charge in [0.25, 0.3) is 0 Å². The standard InChI is InChI=1S/C26H6F6N4O2/c27-25(28,29)13-1-3-15-17(5-13)37-23-20(12(9-35)10-36)22-16-4-2-14(26(30,31)32)6-18(16)38-24(22)19(21(15)23)11(7-33)8-34/h1-6H. The SMILES string of the molecule is N#CC(C#N)=c1c2oc3cc(C(F)(F)F)ccc3c2c(=C(C#N)C#N)c2oc3cc(C(F)(F)F)ccc3c12. The largest absolute Gasteiger partial charge is 0.455 e. The van der Waals surface area contributed by atoms with E-state index in [1.807, 2.05) is 0 Å². The van der Waals surface area contributed by atoms with Crippen LogP contribution in [0, 0.1) is 45.3 Å². The molecule has 38 heavy (non-hydrogen) atoms. The summed E-state index contributed by atoms with van der Waals surface area (Å²) in [7, 11) is 0. The zero-order valence-corrected chi connectivity index (χ0v) is 18.3. The second-order valence-electron chi connectivity index (χ2n) is 7.98. The average Bonchev–Trinajstić information content (AvgIpc) is 3.43. The van der Waals surface area contributed by atoms with Crippen LogP contribution >= 0.6 is 0 Å². The summed E-state index contributed by atoms with van der Waals surface area (Å²) in [4.78, 5) is 0. The Bertz CT molecular complexity index is 1970. The summed E-state index contributed by atoms with van der Waals surface area (Å²) >= 11 is 0. The highest BCUT2D eigenvalue weighted by Gasteiger charge is 2.33. The van der Waals surface area contributed by atoms with Crippen LogP contribution in [0.3, 0.4) is 0 Å². The van der Waals surface area contributed by atoms with E-state index in [0.717, 1.165) is 24.3 Å². The molecule has 5 aromatic rings. The van der Waals surface area contributed by atoms with Gasteiger partial charge in [-0.3, -0.25) is 0 Å². The lowest BCUT2D eigenvalue weighted by Crippen LogP contribution is -2.16. The maximum atomic E-state index is 13.4. The first-order valence-electron chi connectivity index (χ1n) is 10.3. The predicted molar refractivity (Wildman–Crippen MR) is 120 cm³/mol. The maximum absolute atomic E-state index is 13.4. The third-order valence-corrected chi connectivity index (χ3v) is 5.94. The van der Waals surface area contributed by atoms with E-state index in [1.54, 1.807) is 24.3 Å². The molecule has 5 rings (SSSR count). The molecule has 0 aliphatic heterocycles. The lowest BCUT2D eigenvalue weighted by Gasteiger charge is -2.05. The van der Waals surface area contributed by atoms with Gasteiger partial charge in [-0.05, 0) is 36.4 Å². The Balaban J connectivity index is 2.20. The lowest BCUT2D eigenvalue weighted by atomic mass is 9.98. The maximum Gasteiger partial charge on any atom is 0.416 e. The highest BCUT2D eigenvalue weighted by atomic mass is 19.4. The van der Waals surface area contributed by atoms with Crippen molar-refractivity contribution in [2.75, 3.05) is 0 Å².